The molecule has 15 heavy (non-hydrogen) atoms. The van der Waals surface area contributed by atoms with Gasteiger partial charge in [0.1, 0.15) is 5.75 Å². The summed E-state index contributed by atoms with van der Waals surface area (Å²) in [6.45, 7) is 4.92. The monoisotopic (exact) mass is 204 g/mol. The van der Waals surface area contributed by atoms with Crippen LogP contribution in [0.25, 0.3) is 0 Å². The Bertz CT molecular complexity index is 380. The molecule has 0 spiro atoms. The first kappa shape index (κ1) is 10.2. The van der Waals surface area contributed by atoms with Gasteiger partial charge in [-0.15, -0.1) is 0 Å². The summed E-state index contributed by atoms with van der Waals surface area (Å²) in [6.07, 6.45) is 1.54. The molecule has 0 unspecified atom stereocenters. The van der Waals surface area contributed by atoms with Crippen LogP contribution in [0.15, 0.2) is 18.2 Å². The fourth-order valence-corrected chi connectivity index (χ4v) is 1.77. The van der Waals surface area contributed by atoms with Gasteiger partial charge in [0.25, 0.3) is 0 Å². The number of carbonyl (C=O) groups is 1. The van der Waals surface area contributed by atoms with Crippen molar-refractivity contribution in [1.82, 2.24) is 0 Å². The van der Waals surface area contributed by atoms with Crippen LogP contribution >= 0.6 is 0 Å². The minimum Gasteiger partial charge on any atom is -0.493 e. The van der Waals surface area contributed by atoms with E-state index in [1.807, 2.05) is 18.2 Å². The number of hydrogen-bond donors (Lipinski definition) is 0. The van der Waals surface area contributed by atoms with Crippen molar-refractivity contribution in [3.05, 3.63) is 29.3 Å². The predicted octanol–water partition coefficient (Wildman–Crippen LogP) is 2.85. The second-order valence-corrected chi connectivity index (χ2v) is 4.45. The molecule has 0 fully saturated rings. The SMILES string of the molecule is CC(C)COc1ccc2c(c1)C(=O)CC2. The van der Waals surface area contributed by atoms with Gasteiger partial charge in [-0.2, -0.15) is 0 Å². The standard InChI is InChI=1S/C13H16O2/c1-9(2)8-15-11-5-3-10-4-6-13(14)12(10)7-11/h3,5,7,9H,4,6,8H2,1-2H3. The summed E-state index contributed by atoms with van der Waals surface area (Å²) < 4.78 is 5.59. The summed E-state index contributed by atoms with van der Waals surface area (Å²) in [4.78, 5) is 11.5. The van der Waals surface area contributed by atoms with Crippen molar-refractivity contribution in [1.29, 1.82) is 0 Å². The summed E-state index contributed by atoms with van der Waals surface area (Å²) in [5.41, 5.74) is 2.02. The van der Waals surface area contributed by atoms with Crippen LogP contribution in [0.2, 0.25) is 0 Å². The molecule has 1 aliphatic rings. The summed E-state index contributed by atoms with van der Waals surface area (Å²) in [6, 6.07) is 5.85. The smallest absolute Gasteiger partial charge is 0.163 e. The molecule has 2 nitrogen and oxygen atoms in total. The molecule has 0 radical (unpaired) electrons. The number of benzene rings is 1. The summed E-state index contributed by atoms with van der Waals surface area (Å²) >= 11 is 0. The Morgan fingerprint density at radius 2 is 2.13 bits per heavy atom. The molecule has 2 rings (SSSR count). The maximum absolute atomic E-state index is 11.5. The van der Waals surface area contributed by atoms with Crippen molar-refractivity contribution >= 4 is 5.78 Å². The van der Waals surface area contributed by atoms with Gasteiger partial charge in [0.2, 0.25) is 0 Å². The summed E-state index contributed by atoms with van der Waals surface area (Å²) in [5, 5.41) is 0. The van der Waals surface area contributed by atoms with E-state index in [9.17, 15) is 4.79 Å². The highest BCUT2D eigenvalue weighted by molar-refractivity contribution is 6.00. The van der Waals surface area contributed by atoms with Crippen LogP contribution < -0.4 is 4.74 Å². The number of hydrogen-bond acceptors (Lipinski definition) is 2. The first-order chi connectivity index (χ1) is 7.16. The third kappa shape index (κ3) is 2.20. The van der Waals surface area contributed by atoms with Crippen LogP contribution in [0.4, 0.5) is 0 Å². The third-order valence-electron chi connectivity index (χ3n) is 2.59. The summed E-state index contributed by atoms with van der Waals surface area (Å²) in [7, 11) is 0. The van der Waals surface area contributed by atoms with Crippen molar-refractivity contribution in [2.75, 3.05) is 6.61 Å². The quantitative estimate of drug-likeness (QED) is 0.756. The Morgan fingerprint density at radius 3 is 2.87 bits per heavy atom. The summed E-state index contributed by atoms with van der Waals surface area (Å²) in [5.74, 6) is 1.58. The number of ketones is 1. The first-order valence-corrected chi connectivity index (χ1v) is 5.46. The Labute approximate surface area is 90.3 Å². The van der Waals surface area contributed by atoms with E-state index in [1.165, 1.54) is 0 Å². The van der Waals surface area contributed by atoms with Crippen LogP contribution in [0.5, 0.6) is 5.75 Å². The average Bonchev–Trinajstić information content (AvgIpc) is 2.57. The highest BCUT2D eigenvalue weighted by Gasteiger charge is 2.19. The molecule has 1 aromatic carbocycles. The lowest BCUT2D eigenvalue weighted by molar-refractivity contribution is 0.0994. The van der Waals surface area contributed by atoms with Crippen molar-refractivity contribution in [3.8, 4) is 5.75 Å². The van der Waals surface area contributed by atoms with Gasteiger partial charge in [-0.25, -0.2) is 0 Å². The van der Waals surface area contributed by atoms with Crippen molar-refractivity contribution < 1.29 is 9.53 Å². The number of ether oxygens (including phenoxy) is 1. The molecule has 0 aliphatic heterocycles. The molecule has 0 aromatic heterocycles. The van der Waals surface area contributed by atoms with Gasteiger partial charge in [0.15, 0.2) is 5.78 Å². The zero-order valence-electron chi connectivity index (χ0n) is 9.25. The maximum Gasteiger partial charge on any atom is 0.163 e. The Balaban J connectivity index is 2.15. The number of Topliss-reactive ketones (excluding diaryl/α,β-unsaturated/α-hetero) is 1. The van der Waals surface area contributed by atoms with Gasteiger partial charge in [-0.1, -0.05) is 19.9 Å². The highest BCUT2D eigenvalue weighted by atomic mass is 16.5. The van der Waals surface area contributed by atoms with Crippen LogP contribution in [-0.2, 0) is 6.42 Å². The molecule has 2 heteroatoms. The van der Waals surface area contributed by atoms with Gasteiger partial charge in [-0.05, 0) is 30.0 Å². The number of fused-ring (bicyclic) bond motifs is 1. The Hall–Kier alpha value is -1.31. The Morgan fingerprint density at radius 1 is 1.33 bits per heavy atom. The van der Waals surface area contributed by atoms with E-state index < -0.39 is 0 Å². The lowest BCUT2D eigenvalue weighted by atomic mass is 10.1. The fraction of sp³-hybridized carbons (Fsp3) is 0.462. The molecular weight excluding hydrogens is 188 g/mol. The molecule has 0 N–H and O–H groups in total. The van der Waals surface area contributed by atoms with E-state index >= 15 is 0 Å². The van der Waals surface area contributed by atoms with Gasteiger partial charge >= 0.3 is 0 Å². The lowest BCUT2D eigenvalue weighted by Crippen LogP contribution is -2.05. The molecular formula is C13H16O2. The van der Waals surface area contributed by atoms with E-state index in [0.29, 0.717) is 18.9 Å². The molecule has 0 bridgehead atoms. The van der Waals surface area contributed by atoms with Gasteiger partial charge in [0, 0.05) is 12.0 Å². The number of rotatable bonds is 3. The molecule has 0 amide bonds. The van der Waals surface area contributed by atoms with Gasteiger partial charge in [-0.3, -0.25) is 4.79 Å². The maximum atomic E-state index is 11.5. The molecule has 80 valence electrons. The number of aryl methyl sites for hydroxylation is 1. The van der Waals surface area contributed by atoms with Gasteiger partial charge < -0.3 is 4.74 Å². The molecule has 0 saturated carbocycles. The van der Waals surface area contributed by atoms with Crippen molar-refractivity contribution in [2.24, 2.45) is 5.92 Å². The largest absolute Gasteiger partial charge is 0.493 e. The van der Waals surface area contributed by atoms with Gasteiger partial charge in [0.05, 0.1) is 6.61 Å². The first-order valence-electron chi connectivity index (χ1n) is 5.46. The van der Waals surface area contributed by atoms with Crippen LogP contribution in [0.1, 0.15) is 36.2 Å². The minimum atomic E-state index is 0.250. The molecule has 0 heterocycles. The molecule has 1 aliphatic carbocycles. The second-order valence-electron chi connectivity index (χ2n) is 4.45. The van der Waals surface area contributed by atoms with E-state index in [0.717, 1.165) is 23.3 Å². The van der Waals surface area contributed by atoms with Crippen LogP contribution in [0.3, 0.4) is 0 Å². The molecule has 1 aromatic rings. The minimum absolute atomic E-state index is 0.250. The fourth-order valence-electron chi connectivity index (χ4n) is 1.77. The second kappa shape index (κ2) is 4.05. The van der Waals surface area contributed by atoms with E-state index in [1.54, 1.807) is 0 Å². The highest BCUT2D eigenvalue weighted by Crippen LogP contribution is 2.26. The average molecular weight is 204 g/mol. The normalized spacial score (nSPS) is 14.5. The Kier molecular flexibility index (Phi) is 2.76. The van der Waals surface area contributed by atoms with E-state index in [-0.39, 0.29) is 5.78 Å². The molecule has 0 atom stereocenters. The zero-order chi connectivity index (χ0) is 10.8. The third-order valence-corrected chi connectivity index (χ3v) is 2.59. The topological polar surface area (TPSA) is 26.3 Å². The van der Waals surface area contributed by atoms with Crippen molar-refractivity contribution in [2.45, 2.75) is 26.7 Å². The lowest BCUT2D eigenvalue weighted by Gasteiger charge is -2.09. The predicted molar refractivity (Wildman–Crippen MR) is 59.4 cm³/mol. The van der Waals surface area contributed by atoms with Crippen LogP contribution in [0, 0.1) is 5.92 Å². The van der Waals surface area contributed by atoms with Crippen molar-refractivity contribution in [3.63, 3.8) is 0 Å². The number of carbonyl (C=O) groups excluding carboxylic acids is 1. The zero-order valence-corrected chi connectivity index (χ0v) is 9.25. The van der Waals surface area contributed by atoms with Crippen LogP contribution in [-0.4, -0.2) is 12.4 Å². The van der Waals surface area contributed by atoms with E-state index in [2.05, 4.69) is 13.8 Å². The van der Waals surface area contributed by atoms with E-state index in [4.69, 9.17) is 4.74 Å². The molecule has 0 saturated heterocycles.